The highest BCUT2D eigenvalue weighted by Gasteiger charge is 2.31. The summed E-state index contributed by atoms with van der Waals surface area (Å²) in [6.45, 7) is 0.162. The molecule has 6 nitrogen and oxygen atoms in total. The summed E-state index contributed by atoms with van der Waals surface area (Å²) in [5, 5.41) is 10.6. The first kappa shape index (κ1) is 22.9. The van der Waals surface area contributed by atoms with Gasteiger partial charge in [0.25, 0.3) is 0 Å². The molecule has 0 spiro atoms. The standard InChI is InChI=1S/C23H19BrN2O4.ClH/c24-22-10-9-15(12-25-22)11-21(23(28)29)26(14-27)30-13-20-18-7-3-1-5-16(18)17-6-2-4-8-19(17)20;/h1-10,12,14,20-21H,11,13H2,(H,28,29);1H. The fourth-order valence-corrected chi connectivity index (χ4v) is 4.06. The van der Waals surface area contributed by atoms with Crippen LogP contribution in [-0.2, 0) is 20.8 Å². The lowest BCUT2D eigenvalue weighted by Crippen LogP contribution is -2.42. The largest absolute Gasteiger partial charge is 0.480 e. The molecule has 2 aromatic carbocycles. The average molecular weight is 504 g/mol. The van der Waals surface area contributed by atoms with Gasteiger partial charge in [-0.3, -0.25) is 9.63 Å². The lowest BCUT2D eigenvalue weighted by Gasteiger charge is -2.26. The lowest BCUT2D eigenvalue weighted by molar-refractivity contribution is -0.196. The summed E-state index contributed by atoms with van der Waals surface area (Å²) in [4.78, 5) is 33.4. The molecule has 1 atom stereocenters. The van der Waals surface area contributed by atoms with E-state index >= 15 is 0 Å². The van der Waals surface area contributed by atoms with E-state index in [2.05, 4.69) is 33.0 Å². The fourth-order valence-electron chi connectivity index (χ4n) is 3.83. The molecular weight excluding hydrogens is 484 g/mol. The van der Waals surface area contributed by atoms with Crippen LogP contribution in [0.3, 0.4) is 0 Å². The number of hydroxylamine groups is 2. The van der Waals surface area contributed by atoms with Crippen LogP contribution in [0.2, 0.25) is 0 Å². The van der Waals surface area contributed by atoms with Crippen molar-refractivity contribution in [1.82, 2.24) is 10.0 Å². The molecule has 4 rings (SSSR count). The number of rotatable bonds is 8. The Bertz CT molecular complexity index is 1030. The number of aliphatic carboxylic acids is 1. The highest BCUT2D eigenvalue weighted by Crippen LogP contribution is 2.44. The molecule has 0 fully saturated rings. The lowest BCUT2D eigenvalue weighted by atomic mass is 9.98. The first-order valence-corrected chi connectivity index (χ1v) is 10.3. The van der Waals surface area contributed by atoms with E-state index in [1.807, 2.05) is 36.4 Å². The summed E-state index contributed by atoms with van der Waals surface area (Å²) in [6, 6.07) is 18.5. The highest BCUT2D eigenvalue weighted by molar-refractivity contribution is 9.10. The third kappa shape index (κ3) is 4.79. The van der Waals surface area contributed by atoms with Crippen molar-refractivity contribution >= 4 is 40.7 Å². The number of hydrogen-bond donors (Lipinski definition) is 1. The van der Waals surface area contributed by atoms with Crippen LogP contribution in [0.5, 0.6) is 0 Å². The van der Waals surface area contributed by atoms with Crippen LogP contribution in [0.15, 0.2) is 71.5 Å². The number of carboxylic acid groups (broad SMARTS) is 1. The molecule has 1 N–H and O–H groups in total. The van der Waals surface area contributed by atoms with Crippen LogP contribution in [0.25, 0.3) is 11.1 Å². The van der Waals surface area contributed by atoms with Gasteiger partial charge >= 0.3 is 5.97 Å². The molecule has 0 aliphatic heterocycles. The summed E-state index contributed by atoms with van der Waals surface area (Å²) in [7, 11) is 0. The quantitative estimate of drug-likeness (QED) is 0.279. The molecule has 3 aromatic rings. The second-order valence-corrected chi connectivity index (χ2v) is 7.85. The smallest absolute Gasteiger partial charge is 0.329 e. The maximum absolute atomic E-state index is 11.9. The SMILES string of the molecule is Cl.O=CN(OCC1c2ccccc2-c2ccccc21)C(Cc1ccc(Br)nc1)C(=O)O. The number of amides is 1. The second-order valence-electron chi connectivity index (χ2n) is 7.04. The fraction of sp³-hybridized carbons (Fsp3) is 0.174. The highest BCUT2D eigenvalue weighted by atomic mass is 79.9. The molecule has 1 aliphatic rings. The molecule has 0 radical (unpaired) electrons. The molecule has 160 valence electrons. The van der Waals surface area contributed by atoms with E-state index in [1.54, 1.807) is 18.3 Å². The minimum atomic E-state index is -1.16. The van der Waals surface area contributed by atoms with E-state index in [4.69, 9.17) is 4.84 Å². The molecule has 1 heterocycles. The van der Waals surface area contributed by atoms with Gasteiger partial charge in [-0.15, -0.1) is 12.4 Å². The van der Waals surface area contributed by atoms with Gasteiger partial charge in [-0.05, 0) is 49.8 Å². The normalized spacial score (nSPS) is 12.9. The molecule has 1 aromatic heterocycles. The van der Waals surface area contributed by atoms with E-state index in [1.165, 1.54) is 0 Å². The number of carbonyl (C=O) groups excluding carboxylic acids is 1. The minimum Gasteiger partial charge on any atom is -0.480 e. The Kier molecular flexibility index (Phi) is 7.43. The molecule has 0 bridgehead atoms. The number of carbonyl (C=O) groups is 2. The Labute approximate surface area is 194 Å². The Morgan fingerprint density at radius 3 is 2.23 bits per heavy atom. The van der Waals surface area contributed by atoms with Gasteiger partial charge < -0.3 is 5.11 Å². The van der Waals surface area contributed by atoms with Crippen molar-refractivity contribution in [1.29, 1.82) is 0 Å². The Morgan fingerprint density at radius 2 is 1.71 bits per heavy atom. The second kappa shape index (κ2) is 10.0. The molecule has 0 saturated carbocycles. The topological polar surface area (TPSA) is 79.7 Å². The number of carboxylic acids is 1. The molecule has 31 heavy (non-hydrogen) atoms. The first-order valence-electron chi connectivity index (χ1n) is 9.46. The first-order chi connectivity index (χ1) is 14.6. The number of benzene rings is 2. The molecule has 1 unspecified atom stereocenters. The maximum Gasteiger partial charge on any atom is 0.329 e. The third-order valence-corrected chi connectivity index (χ3v) is 5.74. The molecule has 1 aliphatic carbocycles. The Morgan fingerprint density at radius 1 is 1.10 bits per heavy atom. The van der Waals surface area contributed by atoms with Crippen LogP contribution in [0, 0.1) is 0 Å². The monoisotopic (exact) mass is 502 g/mol. The van der Waals surface area contributed by atoms with Crippen LogP contribution in [0.4, 0.5) is 0 Å². The Hall–Kier alpha value is -2.74. The number of hydrogen-bond acceptors (Lipinski definition) is 4. The van der Waals surface area contributed by atoms with Crippen LogP contribution >= 0.6 is 28.3 Å². The van der Waals surface area contributed by atoms with Crippen molar-refractivity contribution in [2.24, 2.45) is 0 Å². The summed E-state index contributed by atoms with van der Waals surface area (Å²) in [5.74, 6) is -1.22. The van der Waals surface area contributed by atoms with E-state index in [9.17, 15) is 14.7 Å². The van der Waals surface area contributed by atoms with Gasteiger partial charge in [0.2, 0.25) is 6.41 Å². The van der Waals surface area contributed by atoms with Crippen molar-refractivity contribution < 1.29 is 19.5 Å². The number of fused-ring (bicyclic) bond motifs is 3. The maximum atomic E-state index is 11.9. The third-order valence-electron chi connectivity index (χ3n) is 5.27. The van der Waals surface area contributed by atoms with Gasteiger partial charge in [0, 0.05) is 18.5 Å². The van der Waals surface area contributed by atoms with Crippen LogP contribution in [0.1, 0.15) is 22.6 Å². The predicted octanol–water partition coefficient (Wildman–Crippen LogP) is 4.46. The van der Waals surface area contributed by atoms with E-state index in [-0.39, 0.29) is 31.4 Å². The average Bonchev–Trinajstić information content (AvgIpc) is 3.08. The predicted molar refractivity (Wildman–Crippen MR) is 122 cm³/mol. The zero-order valence-electron chi connectivity index (χ0n) is 16.3. The van der Waals surface area contributed by atoms with Crippen LogP contribution < -0.4 is 0 Å². The number of nitrogens with zero attached hydrogens (tertiary/aromatic N) is 2. The van der Waals surface area contributed by atoms with Crippen LogP contribution in [-0.4, -0.2) is 40.2 Å². The van der Waals surface area contributed by atoms with Gasteiger partial charge in [-0.25, -0.2) is 14.8 Å². The number of pyridine rings is 1. The van der Waals surface area contributed by atoms with Gasteiger partial charge in [0.05, 0.1) is 6.61 Å². The number of halogens is 2. The zero-order valence-corrected chi connectivity index (χ0v) is 18.8. The summed E-state index contributed by atoms with van der Waals surface area (Å²) < 4.78 is 0.653. The summed E-state index contributed by atoms with van der Waals surface area (Å²) in [6.07, 6.45) is 2.09. The number of aromatic nitrogens is 1. The zero-order chi connectivity index (χ0) is 21.1. The van der Waals surface area contributed by atoms with Crippen molar-refractivity contribution in [3.05, 3.63) is 88.2 Å². The van der Waals surface area contributed by atoms with Gasteiger partial charge in [-0.2, -0.15) is 0 Å². The van der Waals surface area contributed by atoms with Crippen molar-refractivity contribution in [3.63, 3.8) is 0 Å². The summed E-state index contributed by atoms with van der Waals surface area (Å²) in [5.41, 5.74) is 5.17. The van der Waals surface area contributed by atoms with Gasteiger partial charge in [0.15, 0.2) is 6.04 Å². The van der Waals surface area contributed by atoms with E-state index < -0.39 is 12.0 Å². The summed E-state index contributed by atoms with van der Waals surface area (Å²) >= 11 is 3.25. The van der Waals surface area contributed by atoms with Crippen molar-refractivity contribution in [2.75, 3.05) is 6.61 Å². The molecular formula is C23H20BrClN2O4. The van der Waals surface area contributed by atoms with Crippen molar-refractivity contribution in [2.45, 2.75) is 18.4 Å². The van der Waals surface area contributed by atoms with Gasteiger partial charge in [0.1, 0.15) is 4.60 Å². The minimum absolute atomic E-state index is 0. The van der Waals surface area contributed by atoms with E-state index in [0.29, 0.717) is 16.6 Å². The Balaban J connectivity index is 0.00000272. The molecule has 1 amide bonds. The molecule has 8 heteroatoms. The van der Waals surface area contributed by atoms with Crippen molar-refractivity contribution in [3.8, 4) is 11.1 Å². The molecule has 0 saturated heterocycles. The van der Waals surface area contributed by atoms with E-state index in [0.717, 1.165) is 27.3 Å². The van der Waals surface area contributed by atoms with Gasteiger partial charge in [-0.1, -0.05) is 54.6 Å².